The lowest BCUT2D eigenvalue weighted by Crippen LogP contribution is -2.46. The molecule has 0 bridgehead atoms. The Kier molecular flexibility index (Phi) is 7.22. The highest BCUT2D eigenvalue weighted by atomic mass is 35.5. The molecule has 8 heteroatoms. The van der Waals surface area contributed by atoms with E-state index in [0.29, 0.717) is 17.0 Å². The Morgan fingerprint density at radius 3 is 2.28 bits per heavy atom. The van der Waals surface area contributed by atoms with Crippen molar-refractivity contribution in [3.63, 3.8) is 0 Å². The molecule has 3 rings (SSSR count). The zero-order valence-electron chi connectivity index (χ0n) is 16.1. The third-order valence-electron chi connectivity index (χ3n) is 5.15. The molecule has 0 spiro atoms. The molecule has 1 aliphatic carbocycles. The summed E-state index contributed by atoms with van der Waals surface area (Å²) in [4.78, 5) is 11.8. The number of nitrogens with zero attached hydrogens (tertiary/aromatic N) is 1. The van der Waals surface area contributed by atoms with Gasteiger partial charge in [-0.1, -0.05) is 36.6 Å². The molecule has 156 valence electrons. The summed E-state index contributed by atoms with van der Waals surface area (Å²) in [5.74, 6) is -0.435. The van der Waals surface area contributed by atoms with Crippen LogP contribution >= 0.6 is 23.2 Å². The van der Waals surface area contributed by atoms with E-state index in [0.717, 1.165) is 24.8 Å². The largest absolute Gasteiger partial charge is 0.465 e. The van der Waals surface area contributed by atoms with Crippen LogP contribution in [0.4, 0.5) is 0 Å². The Balaban J connectivity index is 1.95. The van der Waals surface area contributed by atoms with Crippen molar-refractivity contribution in [2.75, 3.05) is 7.11 Å². The minimum atomic E-state index is -3.78. The number of hydrogen-bond donors (Lipinski definition) is 0. The van der Waals surface area contributed by atoms with Gasteiger partial charge in [-0.05, 0) is 54.8 Å². The number of benzene rings is 2. The first-order chi connectivity index (χ1) is 13.8. The van der Waals surface area contributed by atoms with Crippen LogP contribution < -0.4 is 0 Å². The second-order valence-electron chi connectivity index (χ2n) is 7.06. The molecule has 0 amide bonds. The van der Waals surface area contributed by atoms with Gasteiger partial charge in [0.1, 0.15) is 0 Å². The van der Waals surface area contributed by atoms with E-state index in [4.69, 9.17) is 27.9 Å². The molecule has 1 saturated carbocycles. The Morgan fingerprint density at radius 1 is 1.07 bits per heavy atom. The van der Waals surface area contributed by atoms with E-state index in [9.17, 15) is 13.2 Å². The average molecular weight is 456 g/mol. The van der Waals surface area contributed by atoms with Gasteiger partial charge in [-0.2, -0.15) is 4.31 Å². The van der Waals surface area contributed by atoms with E-state index in [-0.39, 0.29) is 22.9 Å². The highest BCUT2D eigenvalue weighted by Crippen LogP contribution is 2.32. The second kappa shape index (κ2) is 9.47. The number of alkyl halides is 1. The standard InChI is InChI=1S/C21H23Cl2NO4S/c1-28-21(25)16-8-6-15(7-9-16)14-24(20-5-3-2-4-19(20)23)29(26,27)18-12-10-17(22)11-13-18/h6-13,19-20H,2-5,14H2,1H3. The lowest BCUT2D eigenvalue weighted by atomic mass is 9.94. The van der Waals surface area contributed by atoms with Crippen LogP contribution in [-0.2, 0) is 21.3 Å². The monoisotopic (exact) mass is 455 g/mol. The van der Waals surface area contributed by atoms with Crippen molar-refractivity contribution < 1.29 is 17.9 Å². The summed E-state index contributed by atoms with van der Waals surface area (Å²) in [7, 11) is -2.46. The van der Waals surface area contributed by atoms with Crippen molar-refractivity contribution in [3.8, 4) is 0 Å². The molecular weight excluding hydrogens is 433 g/mol. The Labute approximate surface area is 181 Å². The normalized spacial score (nSPS) is 19.9. The van der Waals surface area contributed by atoms with Crippen LogP contribution in [0.2, 0.25) is 5.02 Å². The average Bonchev–Trinajstić information content (AvgIpc) is 2.73. The molecule has 2 aromatic rings. The lowest BCUT2D eigenvalue weighted by Gasteiger charge is -2.36. The summed E-state index contributed by atoms with van der Waals surface area (Å²) < 4.78 is 33.1. The van der Waals surface area contributed by atoms with Gasteiger partial charge in [-0.25, -0.2) is 13.2 Å². The summed E-state index contributed by atoms with van der Waals surface area (Å²) in [5.41, 5.74) is 1.18. The van der Waals surface area contributed by atoms with Crippen molar-refractivity contribution in [2.45, 2.75) is 48.5 Å². The molecule has 0 N–H and O–H groups in total. The zero-order chi connectivity index (χ0) is 21.0. The molecule has 2 aromatic carbocycles. The van der Waals surface area contributed by atoms with Gasteiger partial charge in [-0.3, -0.25) is 0 Å². The second-order valence-corrected chi connectivity index (χ2v) is 9.95. The zero-order valence-corrected chi connectivity index (χ0v) is 18.4. The van der Waals surface area contributed by atoms with Gasteiger partial charge in [0.2, 0.25) is 10.0 Å². The van der Waals surface area contributed by atoms with E-state index < -0.39 is 16.0 Å². The molecule has 0 saturated heterocycles. The van der Waals surface area contributed by atoms with E-state index in [1.807, 2.05) is 0 Å². The SMILES string of the molecule is COC(=O)c1ccc(CN(C2CCCCC2Cl)S(=O)(=O)c2ccc(Cl)cc2)cc1. The van der Waals surface area contributed by atoms with Gasteiger partial charge >= 0.3 is 5.97 Å². The Hall–Kier alpha value is -1.60. The number of halogens is 2. The first-order valence-corrected chi connectivity index (χ1v) is 11.7. The number of hydrogen-bond acceptors (Lipinski definition) is 4. The quantitative estimate of drug-likeness (QED) is 0.460. The Bertz CT molecular complexity index is 946. The molecule has 2 unspecified atom stereocenters. The molecule has 29 heavy (non-hydrogen) atoms. The van der Waals surface area contributed by atoms with E-state index in [2.05, 4.69) is 0 Å². The fraction of sp³-hybridized carbons (Fsp3) is 0.381. The number of carbonyl (C=O) groups excluding carboxylic acids is 1. The molecule has 1 aliphatic rings. The maximum Gasteiger partial charge on any atom is 0.337 e. The van der Waals surface area contributed by atoms with Crippen LogP contribution in [-0.4, -0.2) is 37.2 Å². The maximum atomic E-state index is 13.5. The minimum Gasteiger partial charge on any atom is -0.465 e. The number of carbonyl (C=O) groups is 1. The van der Waals surface area contributed by atoms with Crippen LogP contribution in [0.25, 0.3) is 0 Å². The topological polar surface area (TPSA) is 63.7 Å². The van der Waals surface area contributed by atoms with Gasteiger partial charge < -0.3 is 4.74 Å². The highest BCUT2D eigenvalue weighted by Gasteiger charge is 2.37. The number of rotatable bonds is 6. The molecule has 5 nitrogen and oxygen atoms in total. The molecule has 0 aromatic heterocycles. The van der Waals surface area contributed by atoms with E-state index in [1.165, 1.54) is 23.5 Å². The highest BCUT2D eigenvalue weighted by molar-refractivity contribution is 7.89. The van der Waals surface area contributed by atoms with Crippen molar-refractivity contribution in [3.05, 3.63) is 64.7 Å². The maximum absolute atomic E-state index is 13.5. The first kappa shape index (κ1) is 22.1. The van der Waals surface area contributed by atoms with Crippen LogP contribution in [0, 0.1) is 0 Å². The molecule has 0 radical (unpaired) electrons. The lowest BCUT2D eigenvalue weighted by molar-refractivity contribution is 0.0600. The number of methoxy groups -OCH3 is 1. The molecule has 0 aliphatic heterocycles. The van der Waals surface area contributed by atoms with Crippen molar-refractivity contribution in [2.24, 2.45) is 0 Å². The van der Waals surface area contributed by atoms with Crippen molar-refractivity contribution in [1.82, 2.24) is 4.31 Å². The number of ether oxygens (including phenoxy) is 1. The summed E-state index contributed by atoms with van der Waals surface area (Å²) in [6, 6.07) is 12.6. The first-order valence-electron chi connectivity index (χ1n) is 9.41. The van der Waals surface area contributed by atoms with E-state index >= 15 is 0 Å². The number of esters is 1. The molecule has 2 atom stereocenters. The smallest absolute Gasteiger partial charge is 0.337 e. The van der Waals surface area contributed by atoms with Gasteiger partial charge in [0.15, 0.2) is 0 Å². The Morgan fingerprint density at radius 2 is 1.69 bits per heavy atom. The van der Waals surface area contributed by atoms with Gasteiger partial charge in [0.05, 0.1) is 22.9 Å². The van der Waals surface area contributed by atoms with Gasteiger partial charge in [0, 0.05) is 17.6 Å². The fourth-order valence-electron chi connectivity index (χ4n) is 3.56. The van der Waals surface area contributed by atoms with E-state index in [1.54, 1.807) is 36.4 Å². The van der Waals surface area contributed by atoms with Gasteiger partial charge in [0.25, 0.3) is 0 Å². The fourth-order valence-corrected chi connectivity index (χ4v) is 5.84. The molecular formula is C21H23Cl2NO4S. The van der Waals surface area contributed by atoms with Crippen LogP contribution in [0.3, 0.4) is 0 Å². The molecule has 1 fully saturated rings. The summed E-state index contributed by atoms with van der Waals surface area (Å²) in [6.07, 6.45) is 3.41. The van der Waals surface area contributed by atoms with Crippen molar-refractivity contribution >= 4 is 39.2 Å². The summed E-state index contributed by atoms with van der Waals surface area (Å²) >= 11 is 12.5. The summed E-state index contributed by atoms with van der Waals surface area (Å²) in [6.45, 7) is 0.167. The van der Waals surface area contributed by atoms with Gasteiger partial charge in [-0.15, -0.1) is 11.6 Å². The van der Waals surface area contributed by atoms with Crippen LogP contribution in [0.5, 0.6) is 0 Å². The van der Waals surface area contributed by atoms with Crippen molar-refractivity contribution in [1.29, 1.82) is 0 Å². The predicted octanol–water partition coefficient (Wildman–Crippen LogP) is 4.87. The minimum absolute atomic E-state index is 0.167. The third kappa shape index (κ3) is 5.12. The van der Waals surface area contributed by atoms with Crippen LogP contribution in [0.15, 0.2) is 53.4 Å². The summed E-state index contributed by atoms with van der Waals surface area (Å²) in [5, 5.41) is 0.224. The predicted molar refractivity (Wildman–Crippen MR) is 114 cm³/mol. The third-order valence-corrected chi connectivity index (χ3v) is 7.80. The number of sulfonamides is 1. The van der Waals surface area contributed by atoms with Crippen LogP contribution in [0.1, 0.15) is 41.6 Å². The molecule has 0 heterocycles.